The Bertz CT molecular complexity index is 245. The van der Waals surface area contributed by atoms with Gasteiger partial charge in [0.1, 0.15) is 5.92 Å². The molecule has 12 heavy (non-hydrogen) atoms. The predicted octanol–water partition coefficient (Wildman–Crippen LogP) is 1.52. The van der Waals surface area contributed by atoms with Crippen LogP contribution >= 0.6 is 0 Å². The quantitative estimate of drug-likeness (QED) is 0.640. The second kappa shape index (κ2) is 2.78. The molecule has 1 aliphatic heterocycles. The first-order valence-corrected chi connectivity index (χ1v) is 4.23. The van der Waals surface area contributed by atoms with Crippen molar-refractivity contribution in [1.82, 2.24) is 5.43 Å². The summed E-state index contributed by atoms with van der Waals surface area (Å²) >= 11 is 0. The Hall–Kier alpha value is -1.04. The van der Waals surface area contributed by atoms with Crippen LogP contribution in [0, 0.1) is 23.2 Å². The van der Waals surface area contributed by atoms with E-state index in [0.717, 1.165) is 5.71 Å². The lowest BCUT2D eigenvalue weighted by Crippen LogP contribution is -2.40. The van der Waals surface area contributed by atoms with Gasteiger partial charge in [-0.1, -0.05) is 13.8 Å². The molecule has 1 unspecified atom stereocenters. The van der Waals surface area contributed by atoms with Crippen LogP contribution in [0.25, 0.3) is 0 Å². The summed E-state index contributed by atoms with van der Waals surface area (Å²) in [6.07, 6.45) is 0. The average Bonchev–Trinajstić information content (AvgIpc) is 2.24. The number of nitrogens with one attached hydrogen (secondary N) is 1. The van der Waals surface area contributed by atoms with Crippen molar-refractivity contribution in [2.24, 2.45) is 16.9 Å². The van der Waals surface area contributed by atoms with E-state index in [9.17, 15) is 0 Å². The third-order valence-electron chi connectivity index (χ3n) is 2.21. The van der Waals surface area contributed by atoms with Gasteiger partial charge in [0.25, 0.3) is 0 Å². The Morgan fingerprint density at radius 3 is 2.50 bits per heavy atom. The van der Waals surface area contributed by atoms with Crippen LogP contribution in [0.4, 0.5) is 0 Å². The molecule has 1 heterocycles. The standard InChI is InChI=1S/C9H15N3/c1-6(2)8-7(5-10)9(3,4)12-11-8/h6-7,12H,1-4H3. The summed E-state index contributed by atoms with van der Waals surface area (Å²) in [5.74, 6) is 0.265. The van der Waals surface area contributed by atoms with E-state index in [2.05, 4.69) is 30.4 Å². The minimum Gasteiger partial charge on any atom is -0.303 e. The fourth-order valence-electron chi connectivity index (χ4n) is 1.40. The first kappa shape index (κ1) is 9.05. The molecule has 3 nitrogen and oxygen atoms in total. The number of nitriles is 1. The molecule has 0 aromatic carbocycles. The highest BCUT2D eigenvalue weighted by molar-refractivity contribution is 5.92. The number of rotatable bonds is 1. The van der Waals surface area contributed by atoms with Crippen LogP contribution in [-0.2, 0) is 0 Å². The fraction of sp³-hybridized carbons (Fsp3) is 0.778. The monoisotopic (exact) mass is 165 g/mol. The zero-order valence-electron chi connectivity index (χ0n) is 8.05. The van der Waals surface area contributed by atoms with E-state index in [1.807, 2.05) is 13.8 Å². The van der Waals surface area contributed by atoms with Crippen LogP contribution in [0.2, 0.25) is 0 Å². The zero-order chi connectivity index (χ0) is 9.35. The van der Waals surface area contributed by atoms with Gasteiger partial charge < -0.3 is 5.43 Å². The van der Waals surface area contributed by atoms with Crippen molar-refractivity contribution in [1.29, 1.82) is 5.26 Å². The first-order valence-electron chi connectivity index (χ1n) is 4.23. The maximum atomic E-state index is 8.95. The molecular formula is C9H15N3. The number of hydrazone groups is 1. The lowest BCUT2D eigenvalue weighted by Gasteiger charge is -2.22. The molecule has 0 saturated carbocycles. The number of hydrogen-bond acceptors (Lipinski definition) is 3. The highest BCUT2D eigenvalue weighted by atomic mass is 15.4. The Morgan fingerprint density at radius 1 is 1.58 bits per heavy atom. The van der Waals surface area contributed by atoms with Gasteiger partial charge in [-0.15, -0.1) is 0 Å². The van der Waals surface area contributed by atoms with Gasteiger partial charge in [-0.05, 0) is 19.8 Å². The van der Waals surface area contributed by atoms with Crippen LogP contribution in [0.5, 0.6) is 0 Å². The van der Waals surface area contributed by atoms with Crippen molar-refractivity contribution >= 4 is 5.71 Å². The van der Waals surface area contributed by atoms with Crippen molar-refractivity contribution < 1.29 is 0 Å². The van der Waals surface area contributed by atoms with Gasteiger partial charge in [-0.2, -0.15) is 10.4 Å². The molecule has 0 spiro atoms. The topological polar surface area (TPSA) is 48.2 Å². The molecule has 0 aromatic heterocycles. The molecule has 1 atom stereocenters. The summed E-state index contributed by atoms with van der Waals surface area (Å²) in [5, 5.41) is 13.1. The van der Waals surface area contributed by atoms with Gasteiger partial charge in [-0.25, -0.2) is 0 Å². The predicted molar refractivity (Wildman–Crippen MR) is 48.6 cm³/mol. The summed E-state index contributed by atoms with van der Waals surface area (Å²) < 4.78 is 0. The molecule has 1 aliphatic rings. The van der Waals surface area contributed by atoms with Crippen LogP contribution < -0.4 is 5.43 Å². The van der Waals surface area contributed by atoms with Crippen LogP contribution in [0.3, 0.4) is 0 Å². The van der Waals surface area contributed by atoms with E-state index in [1.165, 1.54) is 0 Å². The SMILES string of the molecule is CC(C)C1=NNC(C)(C)C1C#N. The second-order valence-corrected chi connectivity index (χ2v) is 4.09. The molecule has 0 saturated heterocycles. The molecule has 0 aromatic rings. The fourth-order valence-corrected chi connectivity index (χ4v) is 1.40. The minimum absolute atomic E-state index is 0.0856. The van der Waals surface area contributed by atoms with Gasteiger partial charge in [0, 0.05) is 0 Å². The van der Waals surface area contributed by atoms with E-state index in [0.29, 0.717) is 5.92 Å². The highest BCUT2D eigenvalue weighted by Crippen LogP contribution is 2.26. The Balaban J connectivity index is 2.89. The van der Waals surface area contributed by atoms with Crippen molar-refractivity contribution in [2.45, 2.75) is 33.2 Å². The molecule has 1 N–H and O–H groups in total. The smallest absolute Gasteiger partial charge is 0.110 e. The van der Waals surface area contributed by atoms with E-state index in [1.54, 1.807) is 0 Å². The Labute approximate surface area is 73.5 Å². The van der Waals surface area contributed by atoms with Gasteiger partial charge >= 0.3 is 0 Å². The van der Waals surface area contributed by atoms with Gasteiger partial charge in [0.2, 0.25) is 0 Å². The van der Waals surface area contributed by atoms with Crippen molar-refractivity contribution in [3.8, 4) is 6.07 Å². The molecular weight excluding hydrogens is 150 g/mol. The largest absolute Gasteiger partial charge is 0.303 e. The van der Waals surface area contributed by atoms with E-state index >= 15 is 0 Å². The van der Waals surface area contributed by atoms with Crippen molar-refractivity contribution in [3.63, 3.8) is 0 Å². The second-order valence-electron chi connectivity index (χ2n) is 4.09. The summed E-state index contributed by atoms with van der Waals surface area (Å²) in [5.41, 5.74) is 3.77. The van der Waals surface area contributed by atoms with Crippen LogP contribution in [0.15, 0.2) is 5.10 Å². The van der Waals surface area contributed by atoms with Gasteiger partial charge in [0.15, 0.2) is 0 Å². The molecule has 0 amide bonds. The Morgan fingerprint density at radius 2 is 2.17 bits per heavy atom. The first-order chi connectivity index (χ1) is 5.49. The summed E-state index contributed by atoms with van der Waals surface area (Å²) in [6, 6.07) is 2.29. The lowest BCUT2D eigenvalue weighted by atomic mass is 9.83. The highest BCUT2D eigenvalue weighted by Gasteiger charge is 2.39. The molecule has 0 aliphatic carbocycles. The van der Waals surface area contributed by atoms with Crippen molar-refractivity contribution in [3.05, 3.63) is 0 Å². The minimum atomic E-state index is -0.200. The van der Waals surface area contributed by atoms with Gasteiger partial charge in [0.05, 0.1) is 17.3 Å². The third-order valence-corrected chi connectivity index (χ3v) is 2.21. The molecule has 0 bridgehead atoms. The summed E-state index contributed by atoms with van der Waals surface area (Å²) in [6.45, 7) is 8.12. The van der Waals surface area contributed by atoms with Crippen LogP contribution in [-0.4, -0.2) is 11.3 Å². The third kappa shape index (κ3) is 1.29. The normalized spacial score (nSPS) is 26.3. The average molecular weight is 165 g/mol. The maximum absolute atomic E-state index is 8.95. The molecule has 3 heteroatoms. The molecule has 66 valence electrons. The molecule has 0 fully saturated rings. The van der Waals surface area contributed by atoms with Crippen molar-refractivity contribution in [2.75, 3.05) is 0 Å². The molecule has 1 rings (SSSR count). The number of nitrogens with zero attached hydrogens (tertiary/aromatic N) is 2. The van der Waals surface area contributed by atoms with Gasteiger partial charge in [-0.3, -0.25) is 0 Å². The Kier molecular flexibility index (Phi) is 2.10. The summed E-state index contributed by atoms with van der Waals surface area (Å²) in [4.78, 5) is 0. The maximum Gasteiger partial charge on any atom is 0.110 e. The number of hydrogen-bond donors (Lipinski definition) is 1. The van der Waals surface area contributed by atoms with Crippen LogP contribution in [0.1, 0.15) is 27.7 Å². The summed E-state index contributed by atoms with van der Waals surface area (Å²) in [7, 11) is 0. The molecule has 0 radical (unpaired) electrons. The van der Waals surface area contributed by atoms with E-state index in [-0.39, 0.29) is 11.5 Å². The van der Waals surface area contributed by atoms with E-state index in [4.69, 9.17) is 5.26 Å². The van der Waals surface area contributed by atoms with E-state index < -0.39 is 0 Å². The lowest BCUT2D eigenvalue weighted by molar-refractivity contribution is 0.395. The zero-order valence-corrected chi connectivity index (χ0v) is 8.05.